The Balaban J connectivity index is 2.07. The van der Waals surface area contributed by atoms with Crippen molar-refractivity contribution in [2.75, 3.05) is 18.5 Å². The van der Waals surface area contributed by atoms with E-state index in [-0.39, 0.29) is 30.1 Å². The summed E-state index contributed by atoms with van der Waals surface area (Å²) in [4.78, 5) is 61.3. The lowest BCUT2D eigenvalue weighted by Gasteiger charge is -2.30. The van der Waals surface area contributed by atoms with Crippen LogP contribution in [0.1, 0.15) is 40.3 Å². The summed E-state index contributed by atoms with van der Waals surface area (Å²) in [6.07, 6.45) is 1.25. The summed E-state index contributed by atoms with van der Waals surface area (Å²) in [7, 11) is 0. The molecule has 1 fully saturated rings. The lowest BCUT2D eigenvalue weighted by molar-refractivity contribution is -0.153. The zero-order chi connectivity index (χ0) is 24.3. The average Bonchev–Trinajstić information content (AvgIpc) is 3.31. The number of amides is 1. The van der Waals surface area contributed by atoms with Crippen LogP contribution in [0, 0.1) is 5.92 Å². The van der Waals surface area contributed by atoms with Gasteiger partial charge < -0.3 is 19.7 Å². The van der Waals surface area contributed by atoms with Crippen molar-refractivity contribution < 1.29 is 23.9 Å². The molecule has 2 N–H and O–H groups in total. The van der Waals surface area contributed by atoms with Crippen LogP contribution in [0.15, 0.2) is 23.8 Å². The highest BCUT2D eigenvalue weighted by Gasteiger charge is 2.47. The van der Waals surface area contributed by atoms with E-state index in [9.17, 15) is 19.2 Å². The molecule has 12 heteroatoms. The summed E-state index contributed by atoms with van der Waals surface area (Å²) in [6, 6.07) is -0.758. The lowest BCUT2D eigenvalue weighted by Crippen LogP contribution is -2.45. The number of likely N-dealkylation sites (tertiary alicyclic amines) is 1. The third kappa shape index (κ3) is 5.21. The molecule has 178 valence electrons. The van der Waals surface area contributed by atoms with Gasteiger partial charge in [-0.05, 0) is 12.0 Å². The summed E-state index contributed by atoms with van der Waals surface area (Å²) in [5.74, 6) is -0.942. The highest BCUT2D eigenvalue weighted by molar-refractivity contribution is 5.88. The van der Waals surface area contributed by atoms with E-state index in [2.05, 4.69) is 26.8 Å². The molecular formula is C21H28N6O6. The SMILES string of the molecule is C=CC(=O)N1[C@H](COC(C)=O)[C@@H](OC(C)=O)C[C@H]1n1cnc2c(=O)[nH]c(NCC(C)C)nc21. The van der Waals surface area contributed by atoms with Crippen molar-refractivity contribution in [2.24, 2.45) is 5.92 Å². The molecule has 0 aromatic carbocycles. The molecule has 3 atom stereocenters. The van der Waals surface area contributed by atoms with Gasteiger partial charge in [0.15, 0.2) is 11.2 Å². The number of nitrogens with zero attached hydrogens (tertiary/aromatic N) is 4. The number of nitrogens with one attached hydrogen (secondary N) is 2. The average molecular weight is 460 g/mol. The molecule has 33 heavy (non-hydrogen) atoms. The number of carbonyl (C=O) groups is 3. The first-order valence-electron chi connectivity index (χ1n) is 10.6. The normalized spacial score (nSPS) is 20.2. The number of hydrogen-bond donors (Lipinski definition) is 2. The summed E-state index contributed by atoms with van der Waals surface area (Å²) in [5.41, 5.74) is -0.0762. The minimum absolute atomic E-state index is 0.101. The standard InChI is InChI=1S/C21H28N6O6/c1-6-17(30)27-14(9-32-12(4)28)15(33-13(5)29)7-16(27)26-10-23-18-19(26)24-21(25-20(18)31)22-8-11(2)3/h6,10-11,14-16H,1,7-9H2,2-5H3,(H2,22,24,25,31)/t14-,15+,16+/m1/s1. The van der Waals surface area contributed by atoms with Crippen LogP contribution in [0.3, 0.4) is 0 Å². The van der Waals surface area contributed by atoms with Crippen molar-refractivity contribution in [3.8, 4) is 0 Å². The van der Waals surface area contributed by atoms with Crippen LogP contribution in [0.2, 0.25) is 0 Å². The minimum atomic E-state index is -0.758. The third-order valence-electron chi connectivity index (χ3n) is 5.19. The van der Waals surface area contributed by atoms with E-state index in [4.69, 9.17) is 9.47 Å². The maximum atomic E-state index is 12.8. The van der Waals surface area contributed by atoms with Crippen molar-refractivity contribution in [3.63, 3.8) is 0 Å². The van der Waals surface area contributed by atoms with Crippen molar-refractivity contribution in [2.45, 2.75) is 52.4 Å². The predicted octanol–water partition coefficient (Wildman–Crippen LogP) is 0.968. The second-order valence-corrected chi connectivity index (χ2v) is 8.20. The van der Waals surface area contributed by atoms with Gasteiger partial charge in [0.2, 0.25) is 11.9 Å². The second-order valence-electron chi connectivity index (χ2n) is 8.20. The first kappa shape index (κ1) is 24.0. The van der Waals surface area contributed by atoms with Gasteiger partial charge in [-0.1, -0.05) is 20.4 Å². The van der Waals surface area contributed by atoms with Crippen LogP contribution in [-0.2, 0) is 23.9 Å². The molecule has 3 rings (SSSR count). The van der Waals surface area contributed by atoms with Crippen molar-refractivity contribution in [1.29, 1.82) is 0 Å². The van der Waals surface area contributed by atoms with Gasteiger partial charge in [0.25, 0.3) is 5.56 Å². The molecule has 0 spiro atoms. The number of rotatable bonds is 8. The Kier molecular flexibility index (Phi) is 7.14. The number of aromatic amines is 1. The number of H-pyrrole nitrogens is 1. The summed E-state index contributed by atoms with van der Waals surface area (Å²) < 4.78 is 12.2. The van der Waals surface area contributed by atoms with Gasteiger partial charge in [0.05, 0.1) is 6.33 Å². The highest BCUT2D eigenvalue weighted by Crippen LogP contribution is 2.36. The van der Waals surface area contributed by atoms with Gasteiger partial charge in [-0.3, -0.25) is 28.7 Å². The number of ether oxygens (including phenoxy) is 2. The molecular weight excluding hydrogens is 432 g/mol. The van der Waals surface area contributed by atoms with Gasteiger partial charge in [-0.2, -0.15) is 4.98 Å². The van der Waals surface area contributed by atoms with Crippen LogP contribution < -0.4 is 10.9 Å². The Morgan fingerprint density at radius 2 is 2.06 bits per heavy atom. The monoisotopic (exact) mass is 460 g/mol. The van der Waals surface area contributed by atoms with Gasteiger partial charge >= 0.3 is 11.9 Å². The fourth-order valence-electron chi connectivity index (χ4n) is 3.80. The lowest BCUT2D eigenvalue weighted by atomic mass is 10.1. The minimum Gasteiger partial charge on any atom is -0.464 e. The van der Waals surface area contributed by atoms with Gasteiger partial charge in [0, 0.05) is 26.8 Å². The summed E-state index contributed by atoms with van der Waals surface area (Å²) >= 11 is 0. The van der Waals surface area contributed by atoms with E-state index >= 15 is 0 Å². The first-order chi connectivity index (χ1) is 15.6. The Morgan fingerprint density at radius 1 is 1.33 bits per heavy atom. The first-order valence-corrected chi connectivity index (χ1v) is 10.6. The summed E-state index contributed by atoms with van der Waals surface area (Å²) in [5, 5.41) is 3.07. The van der Waals surface area contributed by atoms with Crippen molar-refractivity contribution >= 4 is 35.0 Å². The smallest absolute Gasteiger partial charge is 0.302 e. The number of anilines is 1. The molecule has 1 saturated heterocycles. The summed E-state index contributed by atoms with van der Waals surface area (Å²) in [6.45, 7) is 10.5. The number of esters is 2. The topological polar surface area (TPSA) is 149 Å². The van der Waals surface area contributed by atoms with Crippen molar-refractivity contribution in [3.05, 3.63) is 29.3 Å². The maximum Gasteiger partial charge on any atom is 0.302 e. The Bertz CT molecular complexity index is 1120. The highest BCUT2D eigenvalue weighted by atomic mass is 16.6. The van der Waals surface area contributed by atoms with Crippen LogP contribution in [-0.4, -0.2) is 67.6 Å². The largest absolute Gasteiger partial charge is 0.464 e. The second kappa shape index (κ2) is 9.84. The van der Waals surface area contributed by atoms with E-state index in [0.29, 0.717) is 12.5 Å². The number of aromatic nitrogens is 4. The molecule has 0 radical (unpaired) electrons. The van der Waals surface area contributed by atoms with Gasteiger partial charge in [-0.25, -0.2) is 4.98 Å². The molecule has 0 bridgehead atoms. The van der Waals surface area contributed by atoms with Gasteiger partial charge in [-0.15, -0.1) is 0 Å². The number of hydrogen-bond acceptors (Lipinski definition) is 9. The molecule has 0 aliphatic carbocycles. The number of fused-ring (bicyclic) bond motifs is 1. The zero-order valence-corrected chi connectivity index (χ0v) is 19.0. The Morgan fingerprint density at radius 3 is 2.67 bits per heavy atom. The quantitative estimate of drug-likeness (QED) is 0.434. The Hall–Kier alpha value is -3.70. The number of imidazole rings is 1. The van der Waals surface area contributed by atoms with Crippen LogP contribution in [0.4, 0.5) is 5.95 Å². The molecule has 12 nitrogen and oxygen atoms in total. The molecule has 2 aromatic rings. The van der Waals surface area contributed by atoms with E-state index in [0.717, 1.165) is 6.08 Å². The molecule has 0 saturated carbocycles. The Labute approximate surface area is 190 Å². The molecule has 2 aromatic heterocycles. The molecule has 1 aliphatic rings. The van der Waals surface area contributed by atoms with Crippen LogP contribution in [0.5, 0.6) is 0 Å². The fourth-order valence-corrected chi connectivity index (χ4v) is 3.80. The number of carbonyl (C=O) groups excluding carboxylic acids is 3. The fraction of sp³-hybridized carbons (Fsp3) is 0.524. The van der Waals surface area contributed by atoms with Crippen molar-refractivity contribution in [1.82, 2.24) is 24.4 Å². The zero-order valence-electron chi connectivity index (χ0n) is 19.0. The van der Waals surface area contributed by atoms with Gasteiger partial charge in [0.1, 0.15) is 24.9 Å². The van der Waals surface area contributed by atoms with E-state index in [1.165, 1.54) is 25.1 Å². The van der Waals surface area contributed by atoms with E-state index in [1.54, 1.807) is 4.57 Å². The van der Waals surface area contributed by atoms with E-state index < -0.39 is 41.7 Å². The predicted molar refractivity (Wildman–Crippen MR) is 118 cm³/mol. The molecule has 1 aliphatic heterocycles. The van der Waals surface area contributed by atoms with Crippen LogP contribution >= 0.6 is 0 Å². The van der Waals surface area contributed by atoms with Crippen LogP contribution in [0.25, 0.3) is 11.2 Å². The molecule has 0 unspecified atom stereocenters. The molecule has 1 amide bonds. The third-order valence-corrected chi connectivity index (χ3v) is 5.19. The molecule has 3 heterocycles. The maximum absolute atomic E-state index is 12.8. The van der Waals surface area contributed by atoms with E-state index in [1.807, 2.05) is 13.8 Å².